The predicted octanol–water partition coefficient (Wildman–Crippen LogP) is 4.12. The van der Waals surface area contributed by atoms with Gasteiger partial charge >= 0.3 is 12.4 Å². The average molecular weight is 349 g/mol. The number of ether oxygens (including phenoxy) is 1. The Morgan fingerprint density at radius 3 is 2.28 bits per heavy atom. The van der Waals surface area contributed by atoms with Crippen molar-refractivity contribution < 1.29 is 22.7 Å². The van der Waals surface area contributed by atoms with Crippen molar-refractivity contribution in [1.82, 2.24) is 4.90 Å². The number of rotatable bonds is 4. The first kappa shape index (κ1) is 18.1. The monoisotopic (exact) mass is 349 g/mol. The largest absolute Gasteiger partial charge is 0.573 e. The second-order valence-corrected chi connectivity index (χ2v) is 5.17. The van der Waals surface area contributed by atoms with Crippen molar-refractivity contribution in [3.05, 3.63) is 59.7 Å². The smallest absolute Gasteiger partial charge is 0.406 e. The molecule has 0 radical (unpaired) electrons. The van der Waals surface area contributed by atoms with Gasteiger partial charge in [0.2, 0.25) is 0 Å². The van der Waals surface area contributed by atoms with Crippen LogP contribution in [-0.2, 0) is 6.54 Å². The number of nitrogens with one attached hydrogen (secondary N) is 1. The summed E-state index contributed by atoms with van der Waals surface area (Å²) in [7, 11) is 1.55. The fourth-order valence-corrected chi connectivity index (χ4v) is 1.99. The Morgan fingerprint density at radius 2 is 1.76 bits per heavy atom. The van der Waals surface area contributed by atoms with E-state index in [4.69, 9.17) is 5.26 Å². The molecular weight excluding hydrogens is 335 g/mol. The highest BCUT2D eigenvalue weighted by Gasteiger charge is 2.30. The van der Waals surface area contributed by atoms with Gasteiger partial charge in [0.15, 0.2) is 0 Å². The van der Waals surface area contributed by atoms with Gasteiger partial charge in [0.25, 0.3) is 0 Å². The van der Waals surface area contributed by atoms with Crippen LogP contribution >= 0.6 is 0 Å². The van der Waals surface area contributed by atoms with Crippen molar-refractivity contribution >= 4 is 11.7 Å². The molecular formula is C17H14F3N3O2. The van der Waals surface area contributed by atoms with E-state index in [0.717, 1.165) is 0 Å². The van der Waals surface area contributed by atoms with E-state index in [-0.39, 0.29) is 18.3 Å². The van der Waals surface area contributed by atoms with E-state index in [9.17, 15) is 18.0 Å². The van der Waals surface area contributed by atoms with Gasteiger partial charge in [-0.25, -0.2) is 4.79 Å². The Hall–Kier alpha value is -3.21. The number of nitrogens with zero attached hydrogens (tertiary/aromatic N) is 2. The first-order valence-electron chi connectivity index (χ1n) is 7.14. The lowest BCUT2D eigenvalue weighted by Gasteiger charge is -2.18. The Bertz CT molecular complexity index is 766. The maximum atomic E-state index is 12.1. The van der Waals surface area contributed by atoms with Crippen molar-refractivity contribution in [2.24, 2.45) is 0 Å². The lowest BCUT2D eigenvalue weighted by Crippen LogP contribution is -2.30. The third-order valence-electron chi connectivity index (χ3n) is 3.19. The van der Waals surface area contributed by atoms with Gasteiger partial charge < -0.3 is 15.0 Å². The van der Waals surface area contributed by atoms with Gasteiger partial charge in [-0.2, -0.15) is 5.26 Å². The highest BCUT2D eigenvalue weighted by Crippen LogP contribution is 2.23. The zero-order valence-corrected chi connectivity index (χ0v) is 13.2. The van der Waals surface area contributed by atoms with E-state index in [1.165, 1.54) is 29.2 Å². The molecule has 0 aliphatic rings. The van der Waals surface area contributed by atoms with Gasteiger partial charge in [0, 0.05) is 19.3 Å². The SMILES string of the molecule is CN(Cc1ccc(OC(F)(F)F)cc1)C(=O)Nc1ccc(C#N)cc1. The summed E-state index contributed by atoms with van der Waals surface area (Å²) in [5, 5.41) is 11.4. The van der Waals surface area contributed by atoms with Crippen LogP contribution in [0.3, 0.4) is 0 Å². The summed E-state index contributed by atoms with van der Waals surface area (Å²) in [6.45, 7) is 0.203. The number of amides is 2. The van der Waals surface area contributed by atoms with E-state index in [0.29, 0.717) is 16.8 Å². The Morgan fingerprint density at radius 1 is 1.16 bits per heavy atom. The molecule has 2 rings (SSSR count). The van der Waals surface area contributed by atoms with Gasteiger partial charge in [0.05, 0.1) is 11.6 Å². The lowest BCUT2D eigenvalue weighted by atomic mass is 10.2. The highest BCUT2D eigenvalue weighted by atomic mass is 19.4. The number of nitriles is 1. The van der Waals surface area contributed by atoms with Crippen molar-refractivity contribution in [2.45, 2.75) is 12.9 Å². The van der Waals surface area contributed by atoms with Crippen LogP contribution in [-0.4, -0.2) is 24.3 Å². The first-order valence-corrected chi connectivity index (χ1v) is 7.14. The minimum Gasteiger partial charge on any atom is -0.406 e. The molecule has 2 amide bonds. The summed E-state index contributed by atoms with van der Waals surface area (Å²) in [5.74, 6) is -0.319. The second-order valence-electron chi connectivity index (χ2n) is 5.17. The van der Waals surface area contributed by atoms with Gasteiger partial charge in [-0.3, -0.25) is 0 Å². The summed E-state index contributed by atoms with van der Waals surface area (Å²) in [6.07, 6.45) is -4.74. The van der Waals surface area contributed by atoms with Gasteiger partial charge in [-0.1, -0.05) is 12.1 Å². The lowest BCUT2D eigenvalue weighted by molar-refractivity contribution is -0.274. The summed E-state index contributed by atoms with van der Waals surface area (Å²) in [6, 6.07) is 13.2. The molecule has 5 nitrogen and oxygen atoms in total. The summed E-state index contributed by atoms with van der Waals surface area (Å²) >= 11 is 0. The second kappa shape index (κ2) is 7.57. The van der Waals surface area contributed by atoms with Crippen LogP contribution < -0.4 is 10.1 Å². The van der Waals surface area contributed by atoms with Crippen LogP contribution in [0.25, 0.3) is 0 Å². The first-order chi connectivity index (χ1) is 11.8. The van der Waals surface area contributed by atoms with E-state index >= 15 is 0 Å². The molecule has 8 heteroatoms. The Kier molecular flexibility index (Phi) is 5.49. The van der Waals surface area contributed by atoms with E-state index in [2.05, 4.69) is 10.1 Å². The fourth-order valence-electron chi connectivity index (χ4n) is 1.99. The molecule has 0 bridgehead atoms. The molecule has 0 saturated carbocycles. The van der Waals surface area contributed by atoms with Crippen molar-refractivity contribution in [3.63, 3.8) is 0 Å². The molecule has 0 aliphatic carbocycles. The number of hydrogen-bond donors (Lipinski definition) is 1. The molecule has 0 saturated heterocycles. The third kappa shape index (κ3) is 5.73. The fraction of sp³-hybridized carbons (Fsp3) is 0.176. The molecule has 0 atom stereocenters. The predicted molar refractivity (Wildman–Crippen MR) is 84.8 cm³/mol. The van der Waals surface area contributed by atoms with Crippen molar-refractivity contribution in [2.75, 3.05) is 12.4 Å². The maximum absolute atomic E-state index is 12.1. The summed E-state index contributed by atoms with van der Waals surface area (Å²) in [5.41, 5.74) is 1.66. The normalized spacial score (nSPS) is 10.7. The molecule has 0 spiro atoms. The maximum Gasteiger partial charge on any atom is 0.573 e. The van der Waals surface area contributed by atoms with E-state index in [1.54, 1.807) is 31.3 Å². The standard InChI is InChI=1S/C17H14F3N3O2/c1-23(16(24)22-14-6-2-12(10-21)3-7-14)11-13-4-8-15(9-5-13)25-17(18,19)20/h2-9H,11H2,1H3,(H,22,24). The number of anilines is 1. The molecule has 0 fully saturated rings. The molecule has 0 aromatic heterocycles. The molecule has 0 unspecified atom stereocenters. The number of benzene rings is 2. The van der Waals surface area contributed by atoms with Gasteiger partial charge in [0.1, 0.15) is 5.75 Å². The van der Waals surface area contributed by atoms with Crippen LogP contribution in [0.5, 0.6) is 5.75 Å². The topological polar surface area (TPSA) is 65.4 Å². The van der Waals surface area contributed by atoms with E-state index < -0.39 is 6.36 Å². The zero-order valence-electron chi connectivity index (χ0n) is 13.2. The summed E-state index contributed by atoms with van der Waals surface area (Å²) < 4.78 is 40.1. The molecule has 0 aliphatic heterocycles. The number of halogens is 3. The molecule has 2 aromatic carbocycles. The average Bonchev–Trinajstić information content (AvgIpc) is 2.56. The highest BCUT2D eigenvalue weighted by molar-refractivity contribution is 5.89. The number of alkyl halides is 3. The molecule has 2 aromatic rings. The van der Waals surface area contributed by atoms with Crippen LogP contribution in [0.1, 0.15) is 11.1 Å². The van der Waals surface area contributed by atoms with Crippen LogP contribution in [0.15, 0.2) is 48.5 Å². The molecule has 130 valence electrons. The molecule has 25 heavy (non-hydrogen) atoms. The van der Waals surface area contributed by atoms with Crippen LogP contribution in [0, 0.1) is 11.3 Å². The molecule has 0 heterocycles. The van der Waals surface area contributed by atoms with Crippen molar-refractivity contribution in [1.29, 1.82) is 5.26 Å². The van der Waals surface area contributed by atoms with E-state index in [1.807, 2.05) is 6.07 Å². The minimum absolute atomic E-state index is 0.203. The quantitative estimate of drug-likeness (QED) is 0.903. The third-order valence-corrected chi connectivity index (χ3v) is 3.19. The Balaban J connectivity index is 1.92. The van der Waals surface area contributed by atoms with Crippen molar-refractivity contribution in [3.8, 4) is 11.8 Å². The zero-order chi connectivity index (χ0) is 18.4. The number of carbonyl (C=O) groups is 1. The Labute approximate surface area is 142 Å². The van der Waals surface area contributed by atoms with Crippen LogP contribution in [0.2, 0.25) is 0 Å². The number of hydrogen-bond acceptors (Lipinski definition) is 3. The number of carbonyl (C=O) groups excluding carboxylic acids is 1. The van der Waals surface area contributed by atoms with Gasteiger partial charge in [-0.05, 0) is 42.0 Å². The minimum atomic E-state index is -4.74. The number of urea groups is 1. The van der Waals surface area contributed by atoms with Gasteiger partial charge in [-0.15, -0.1) is 13.2 Å². The summed E-state index contributed by atoms with van der Waals surface area (Å²) in [4.78, 5) is 13.5. The molecule has 1 N–H and O–H groups in total. The van der Waals surface area contributed by atoms with Crippen LogP contribution in [0.4, 0.5) is 23.7 Å².